The lowest BCUT2D eigenvalue weighted by Crippen LogP contribution is -2.20. The molecule has 0 bridgehead atoms. The number of benzene rings is 1. The highest BCUT2D eigenvalue weighted by Gasteiger charge is 2.15. The number of rotatable bonds is 5. The molecule has 1 unspecified atom stereocenters. The highest BCUT2D eigenvalue weighted by atomic mass is 79.9. The summed E-state index contributed by atoms with van der Waals surface area (Å²) in [6.07, 6.45) is 3.53. The van der Waals surface area contributed by atoms with Gasteiger partial charge in [0.15, 0.2) is 0 Å². The van der Waals surface area contributed by atoms with Crippen LogP contribution in [-0.4, -0.2) is 15.7 Å². The molecule has 0 aliphatic heterocycles. The topological polar surface area (TPSA) is 44.1 Å². The largest absolute Gasteiger partial charge is 0.461 e. The molecule has 0 fully saturated rings. The van der Waals surface area contributed by atoms with Gasteiger partial charge in [0.2, 0.25) is 0 Å². The Balaban J connectivity index is 1.82. The molecule has 1 aromatic heterocycles. The Labute approximate surface area is 120 Å². The van der Waals surface area contributed by atoms with Crippen LogP contribution in [0.25, 0.3) is 0 Å². The minimum Gasteiger partial charge on any atom is -0.461 e. The Hall–Kier alpha value is -1.62. The number of ether oxygens (including phenoxy) is 1. The fourth-order valence-electron chi connectivity index (χ4n) is 1.66. The normalized spacial score (nSPS) is 12.1. The van der Waals surface area contributed by atoms with Crippen molar-refractivity contribution < 1.29 is 9.53 Å². The first-order chi connectivity index (χ1) is 9.15. The van der Waals surface area contributed by atoms with Crippen LogP contribution in [0.5, 0.6) is 0 Å². The average Bonchev–Trinajstić information content (AvgIpc) is 2.82. The van der Waals surface area contributed by atoms with E-state index in [-0.39, 0.29) is 11.9 Å². The smallest absolute Gasteiger partial charge is 0.310 e. The van der Waals surface area contributed by atoms with E-state index in [1.807, 2.05) is 43.5 Å². The number of esters is 1. The zero-order chi connectivity index (χ0) is 13.7. The van der Waals surface area contributed by atoms with E-state index in [4.69, 9.17) is 4.74 Å². The number of hydrogen-bond donors (Lipinski definition) is 0. The molecule has 0 aliphatic carbocycles. The predicted molar refractivity (Wildman–Crippen MR) is 75.3 cm³/mol. The van der Waals surface area contributed by atoms with E-state index in [1.165, 1.54) is 0 Å². The van der Waals surface area contributed by atoms with E-state index in [2.05, 4.69) is 21.0 Å². The van der Waals surface area contributed by atoms with Crippen LogP contribution in [0.4, 0.5) is 0 Å². The van der Waals surface area contributed by atoms with Crippen LogP contribution in [0, 0.1) is 5.92 Å². The molecule has 0 amide bonds. The van der Waals surface area contributed by atoms with Crippen LogP contribution in [0.3, 0.4) is 0 Å². The summed E-state index contributed by atoms with van der Waals surface area (Å²) >= 11 is 3.32. The van der Waals surface area contributed by atoms with Gasteiger partial charge in [-0.3, -0.25) is 9.48 Å². The minimum absolute atomic E-state index is 0.213. The average molecular weight is 323 g/mol. The first-order valence-corrected chi connectivity index (χ1v) is 6.83. The number of aromatic nitrogens is 2. The summed E-state index contributed by atoms with van der Waals surface area (Å²) in [5, 5.41) is 4.12. The lowest BCUT2D eigenvalue weighted by molar-refractivity contribution is -0.149. The van der Waals surface area contributed by atoms with Gasteiger partial charge in [0, 0.05) is 6.20 Å². The van der Waals surface area contributed by atoms with Gasteiger partial charge >= 0.3 is 5.97 Å². The van der Waals surface area contributed by atoms with Gasteiger partial charge in [-0.1, -0.05) is 37.3 Å². The van der Waals surface area contributed by atoms with Gasteiger partial charge in [-0.05, 0) is 21.5 Å². The molecule has 0 saturated heterocycles. The van der Waals surface area contributed by atoms with Crippen LogP contribution >= 0.6 is 15.9 Å². The van der Waals surface area contributed by atoms with E-state index in [9.17, 15) is 4.79 Å². The third-order valence-electron chi connectivity index (χ3n) is 2.69. The fraction of sp³-hybridized carbons (Fsp3) is 0.286. The summed E-state index contributed by atoms with van der Waals surface area (Å²) in [5.41, 5.74) is 0.991. The lowest BCUT2D eigenvalue weighted by Gasteiger charge is -2.11. The van der Waals surface area contributed by atoms with Crippen molar-refractivity contribution in [2.75, 3.05) is 0 Å². The van der Waals surface area contributed by atoms with Gasteiger partial charge in [0.1, 0.15) is 6.61 Å². The molecule has 0 N–H and O–H groups in total. The summed E-state index contributed by atoms with van der Waals surface area (Å²) in [6.45, 7) is 2.66. The van der Waals surface area contributed by atoms with Crippen LogP contribution in [0.1, 0.15) is 12.5 Å². The van der Waals surface area contributed by atoms with Gasteiger partial charge in [0.05, 0.1) is 23.1 Å². The highest BCUT2D eigenvalue weighted by molar-refractivity contribution is 9.10. The molecule has 19 heavy (non-hydrogen) atoms. The van der Waals surface area contributed by atoms with Crippen molar-refractivity contribution in [2.45, 2.75) is 20.1 Å². The molecule has 5 heteroatoms. The third-order valence-corrected chi connectivity index (χ3v) is 3.10. The van der Waals surface area contributed by atoms with E-state index in [0.29, 0.717) is 13.2 Å². The first kappa shape index (κ1) is 13.8. The van der Waals surface area contributed by atoms with E-state index in [0.717, 1.165) is 10.0 Å². The molecule has 1 heterocycles. The van der Waals surface area contributed by atoms with Crippen LogP contribution in [-0.2, 0) is 22.7 Å². The summed E-state index contributed by atoms with van der Waals surface area (Å²) in [5.74, 6) is -0.439. The molecule has 0 aliphatic rings. The summed E-state index contributed by atoms with van der Waals surface area (Å²) in [4.78, 5) is 11.9. The number of carbonyl (C=O) groups is 1. The lowest BCUT2D eigenvalue weighted by atomic mass is 10.2. The second-order valence-electron chi connectivity index (χ2n) is 4.37. The first-order valence-electron chi connectivity index (χ1n) is 6.03. The molecule has 2 aromatic rings. The minimum atomic E-state index is -0.226. The molecule has 2 rings (SSSR count). The molecule has 0 saturated carbocycles. The molecule has 100 valence electrons. The zero-order valence-electron chi connectivity index (χ0n) is 10.6. The molecule has 4 nitrogen and oxygen atoms in total. The number of nitrogens with zero attached hydrogens (tertiary/aromatic N) is 2. The predicted octanol–water partition coefficient (Wildman–Crippen LogP) is 3.03. The van der Waals surface area contributed by atoms with Crippen molar-refractivity contribution in [1.82, 2.24) is 9.78 Å². The van der Waals surface area contributed by atoms with E-state index < -0.39 is 0 Å². The summed E-state index contributed by atoms with van der Waals surface area (Å²) in [7, 11) is 0. The second-order valence-corrected chi connectivity index (χ2v) is 5.29. The number of hydrogen-bond acceptors (Lipinski definition) is 3. The van der Waals surface area contributed by atoms with Crippen molar-refractivity contribution in [2.24, 2.45) is 5.92 Å². The second kappa shape index (κ2) is 6.52. The monoisotopic (exact) mass is 322 g/mol. The van der Waals surface area contributed by atoms with Gasteiger partial charge in [-0.2, -0.15) is 5.10 Å². The maximum absolute atomic E-state index is 11.9. The molecule has 0 spiro atoms. The highest BCUT2D eigenvalue weighted by Crippen LogP contribution is 2.10. The van der Waals surface area contributed by atoms with E-state index >= 15 is 0 Å². The summed E-state index contributed by atoms with van der Waals surface area (Å²) < 4.78 is 7.90. The third kappa shape index (κ3) is 4.21. The maximum Gasteiger partial charge on any atom is 0.310 e. The van der Waals surface area contributed by atoms with Crippen molar-refractivity contribution in [1.29, 1.82) is 0 Å². The molecular weight excluding hydrogens is 308 g/mol. The van der Waals surface area contributed by atoms with Crippen LogP contribution in [0.2, 0.25) is 0 Å². The molecule has 0 radical (unpaired) electrons. The quantitative estimate of drug-likeness (QED) is 0.795. The van der Waals surface area contributed by atoms with Crippen molar-refractivity contribution in [3.63, 3.8) is 0 Å². The molecular formula is C14H15BrN2O2. The van der Waals surface area contributed by atoms with Gasteiger partial charge in [-0.25, -0.2) is 0 Å². The molecule has 1 aromatic carbocycles. The summed E-state index contributed by atoms with van der Waals surface area (Å²) in [6, 6.07) is 9.65. The van der Waals surface area contributed by atoms with Crippen molar-refractivity contribution in [3.05, 3.63) is 52.8 Å². The van der Waals surface area contributed by atoms with Gasteiger partial charge < -0.3 is 4.74 Å². The van der Waals surface area contributed by atoms with Crippen molar-refractivity contribution >= 4 is 21.9 Å². The standard InChI is InChI=1S/C14H15BrN2O2/c1-11(8-17-9-13(15)7-16-17)14(18)19-10-12-5-3-2-4-6-12/h2-7,9,11H,8,10H2,1H3. The maximum atomic E-state index is 11.9. The zero-order valence-corrected chi connectivity index (χ0v) is 12.2. The fourth-order valence-corrected chi connectivity index (χ4v) is 1.99. The Morgan fingerprint density at radius 3 is 2.79 bits per heavy atom. The van der Waals surface area contributed by atoms with Gasteiger partial charge in [0.25, 0.3) is 0 Å². The Bertz CT molecular complexity index is 539. The Morgan fingerprint density at radius 2 is 2.16 bits per heavy atom. The van der Waals surface area contributed by atoms with Crippen molar-refractivity contribution in [3.8, 4) is 0 Å². The molecule has 1 atom stereocenters. The van der Waals surface area contributed by atoms with Crippen LogP contribution < -0.4 is 0 Å². The van der Waals surface area contributed by atoms with Gasteiger partial charge in [-0.15, -0.1) is 0 Å². The van der Waals surface area contributed by atoms with E-state index in [1.54, 1.807) is 10.9 Å². The Kier molecular flexibility index (Phi) is 4.74. The van der Waals surface area contributed by atoms with Crippen LogP contribution in [0.15, 0.2) is 47.2 Å². The number of halogens is 1. The Morgan fingerprint density at radius 1 is 1.42 bits per heavy atom. The number of carbonyl (C=O) groups excluding carboxylic acids is 1. The SMILES string of the molecule is CC(Cn1cc(Br)cn1)C(=O)OCc1ccccc1.